The molecule has 0 bridgehead atoms. The van der Waals surface area contributed by atoms with Gasteiger partial charge in [0.1, 0.15) is 5.56 Å². The van der Waals surface area contributed by atoms with E-state index >= 15 is 0 Å². The number of rotatable bonds is 7. The lowest BCUT2D eigenvalue weighted by atomic mass is 9.96. The van der Waals surface area contributed by atoms with Crippen molar-refractivity contribution in [1.29, 1.82) is 0 Å². The van der Waals surface area contributed by atoms with Gasteiger partial charge in [-0.05, 0) is 25.5 Å². The van der Waals surface area contributed by atoms with Gasteiger partial charge < -0.3 is 14.2 Å². The molecule has 0 saturated carbocycles. The summed E-state index contributed by atoms with van der Waals surface area (Å²) in [5.41, 5.74) is -0.839. The Morgan fingerprint density at radius 2 is 1.67 bits per heavy atom. The first kappa shape index (κ1) is 19.1. The van der Waals surface area contributed by atoms with Crippen LogP contribution in [-0.4, -0.2) is 43.2 Å². The van der Waals surface area contributed by atoms with E-state index in [9.17, 15) is 24.5 Å². The number of ether oxygens (including phenoxy) is 3. The van der Waals surface area contributed by atoms with Gasteiger partial charge in [-0.2, -0.15) is 0 Å². The van der Waals surface area contributed by atoms with Gasteiger partial charge in [0.05, 0.1) is 25.2 Å². The zero-order chi connectivity index (χ0) is 18.3. The third kappa shape index (κ3) is 4.28. The molecule has 130 valence electrons. The van der Waals surface area contributed by atoms with Gasteiger partial charge in [0.15, 0.2) is 5.92 Å². The lowest BCUT2D eigenvalue weighted by Crippen LogP contribution is -2.26. The summed E-state index contributed by atoms with van der Waals surface area (Å²) in [4.78, 5) is 46.1. The number of hydrogen-bond acceptors (Lipinski definition) is 8. The number of carbonyl (C=O) groups is 3. The summed E-state index contributed by atoms with van der Waals surface area (Å²) < 4.78 is 14.2. The zero-order valence-corrected chi connectivity index (χ0v) is 13.4. The molecule has 0 radical (unpaired) electrons. The number of nitro benzene ring substituents is 1. The van der Waals surface area contributed by atoms with Crippen molar-refractivity contribution in [1.82, 2.24) is 0 Å². The molecule has 1 aromatic rings. The summed E-state index contributed by atoms with van der Waals surface area (Å²) in [5.74, 6) is -4.16. The highest BCUT2D eigenvalue weighted by atomic mass is 16.6. The summed E-state index contributed by atoms with van der Waals surface area (Å²) >= 11 is 0. The van der Waals surface area contributed by atoms with Crippen LogP contribution in [0.5, 0.6) is 0 Å². The topological polar surface area (TPSA) is 122 Å². The van der Waals surface area contributed by atoms with E-state index in [0.717, 1.165) is 19.2 Å². The quantitative estimate of drug-likeness (QED) is 0.241. The van der Waals surface area contributed by atoms with E-state index in [1.165, 1.54) is 6.07 Å². The summed E-state index contributed by atoms with van der Waals surface area (Å²) in [7, 11) is 1.06. The maximum Gasteiger partial charge on any atom is 0.344 e. The molecule has 9 nitrogen and oxygen atoms in total. The molecule has 0 aliphatic heterocycles. The maximum absolute atomic E-state index is 12.1. The molecule has 0 aliphatic carbocycles. The largest absolute Gasteiger partial charge is 0.465 e. The molecule has 0 spiro atoms. The molecular weight excluding hydrogens is 322 g/mol. The van der Waals surface area contributed by atoms with Crippen molar-refractivity contribution in [2.75, 3.05) is 20.3 Å². The van der Waals surface area contributed by atoms with Crippen molar-refractivity contribution >= 4 is 23.6 Å². The summed E-state index contributed by atoms with van der Waals surface area (Å²) in [5, 5.41) is 11.0. The predicted molar refractivity (Wildman–Crippen MR) is 80.4 cm³/mol. The third-order valence-corrected chi connectivity index (χ3v) is 3.00. The number of nitrogens with zero attached hydrogens (tertiary/aromatic N) is 1. The molecule has 0 heterocycles. The Labute approximate surface area is 137 Å². The Bertz CT molecular complexity index is 637. The maximum atomic E-state index is 12.1. The minimum Gasteiger partial charge on any atom is -0.465 e. The number of nitro groups is 1. The molecule has 0 fully saturated rings. The lowest BCUT2D eigenvalue weighted by Gasteiger charge is -2.15. The van der Waals surface area contributed by atoms with Gasteiger partial charge in [0, 0.05) is 6.07 Å². The molecule has 0 unspecified atom stereocenters. The van der Waals surface area contributed by atoms with E-state index in [1.807, 2.05) is 0 Å². The zero-order valence-electron chi connectivity index (χ0n) is 13.4. The van der Waals surface area contributed by atoms with Gasteiger partial charge in [0.2, 0.25) is 0 Å². The van der Waals surface area contributed by atoms with Gasteiger partial charge in [-0.1, -0.05) is 6.07 Å². The Morgan fingerprint density at radius 3 is 2.08 bits per heavy atom. The van der Waals surface area contributed by atoms with Crippen LogP contribution in [0.2, 0.25) is 0 Å². The normalized spacial score (nSPS) is 10.2. The summed E-state index contributed by atoms with van der Waals surface area (Å²) in [6.07, 6.45) is 0. The van der Waals surface area contributed by atoms with Crippen LogP contribution in [0.1, 0.15) is 35.7 Å². The Balaban J connectivity index is 3.42. The average Bonchev–Trinajstić information content (AvgIpc) is 2.54. The second-order valence-electron chi connectivity index (χ2n) is 4.46. The number of hydrogen-bond donors (Lipinski definition) is 0. The van der Waals surface area contributed by atoms with E-state index < -0.39 is 34.4 Å². The van der Waals surface area contributed by atoms with Crippen molar-refractivity contribution in [2.45, 2.75) is 19.8 Å². The van der Waals surface area contributed by atoms with Crippen LogP contribution < -0.4 is 0 Å². The van der Waals surface area contributed by atoms with E-state index in [2.05, 4.69) is 4.74 Å². The van der Waals surface area contributed by atoms with E-state index in [0.29, 0.717) is 0 Å². The van der Waals surface area contributed by atoms with Crippen LogP contribution >= 0.6 is 0 Å². The van der Waals surface area contributed by atoms with Crippen LogP contribution in [0, 0.1) is 10.1 Å². The first-order valence-electron chi connectivity index (χ1n) is 7.07. The molecule has 0 amide bonds. The number of esters is 3. The van der Waals surface area contributed by atoms with E-state index in [-0.39, 0.29) is 24.3 Å². The third-order valence-electron chi connectivity index (χ3n) is 3.00. The van der Waals surface area contributed by atoms with Gasteiger partial charge >= 0.3 is 17.9 Å². The van der Waals surface area contributed by atoms with Gasteiger partial charge in [-0.3, -0.25) is 19.7 Å². The minimum atomic E-state index is -1.45. The van der Waals surface area contributed by atoms with Crippen LogP contribution in [0.25, 0.3) is 0 Å². The average molecular weight is 339 g/mol. The number of benzene rings is 1. The molecule has 0 aromatic heterocycles. The fourth-order valence-electron chi connectivity index (χ4n) is 1.99. The van der Waals surface area contributed by atoms with E-state index in [4.69, 9.17) is 9.47 Å². The smallest absolute Gasteiger partial charge is 0.344 e. The molecule has 0 saturated heterocycles. The lowest BCUT2D eigenvalue weighted by molar-refractivity contribution is -0.385. The minimum absolute atomic E-state index is 0.0333. The van der Waals surface area contributed by atoms with Crippen molar-refractivity contribution in [2.24, 2.45) is 0 Å². The molecule has 0 N–H and O–H groups in total. The van der Waals surface area contributed by atoms with Crippen LogP contribution in [-0.2, 0) is 23.8 Å². The standard InChI is InChI=1S/C15H17NO8/c1-4-23-14(18)12(15(19)24-5-2)9-6-7-11(16(20)21)10(8-9)13(17)22-3/h6-8,12H,4-5H2,1-3H3. The molecule has 0 atom stereocenters. The summed E-state index contributed by atoms with van der Waals surface area (Å²) in [6.45, 7) is 3.20. The second kappa shape index (κ2) is 8.61. The molecule has 9 heteroatoms. The monoisotopic (exact) mass is 339 g/mol. The van der Waals surface area contributed by atoms with Crippen LogP contribution in [0.3, 0.4) is 0 Å². The highest BCUT2D eigenvalue weighted by molar-refractivity contribution is 6.02. The van der Waals surface area contributed by atoms with Crippen LogP contribution in [0.15, 0.2) is 18.2 Å². The SMILES string of the molecule is CCOC(=O)C(C(=O)OCC)c1ccc([N+](=O)[O-])c(C(=O)OC)c1. The first-order chi connectivity index (χ1) is 11.4. The molecule has 0 aliphatic rings. The van der Waals surface area contributed by atoms with Crippen molar-refractivity contribution in [3.05, 3.63) is 39.4 Å². The Morgan fingerprint density at radius 1 is 1.12 bits per heavy atom. The number of carbonyl (C=O) groups excluding carboxylic acids is 3. The molecule has 1 aromatic carbocycles. The van der Waals surface area contributed by atoms with Crippen molar-refractivity contribution < 1.29 is 33.5 Å². The predicted octanol–water partition coefficient (Wildman–Crippen LogP) is 1.59. The summed E-state index contributed by atoms with van der Waals surface area (Å²) in [6, 6.07) is 3.28. The number of methoxy groups -OCH3 is 1. The van der Waals surface area contributed by atoms with E-state index in [1.54, 1.807) is 13.8 Å². The first-order valence-corrected chi connectivity index (χ1v) is 7.07. The van der Waals surface area contributed by atoms with Crippen LogP contribution in [0.4, 0.5) is 5.69 Å². The fourth-order valence-corrected chi connectivity index (χ4v) is 1.99. The van der Waals surface area contributed by atoms with Gasteiger partial charge in [-0.25, -0.2) is 4.79 Å². The molecular formula is C15H17NO8. The van der Waals surface area contributed by atoms with Gasteiger partial charge in [0.25, 0.3) is 5.69 Å². The van der Waals surface area contributed by atoms with Crippen molar-refractivity contribution in [3.8, 4) is 0 Å². The van der Waals surface area contributed by atoms with Gasteiger partial charge in [-0.15, -0.1) is 0 Å². The molecule has 1 rings (SSSR count). The Hall–Kier alpha value is -2.97. The molecule has 24 heavy (non-hydrogen) atoms. The highest BCUT2D eigenvalue weighted by Crippen LogP contribution is 2.27. The fraction of sp³-hybridized carbons (Fsp3) is 0.400. The second-order valence-corrected chi connectivity index (χ2v) is 4.46. The highest BCUT2D eigenvalue weighted by Gasteiger charge is 2.33. The Kier molecular flexibility index (Phi) is 6.84. The van der Waals surface area contributed by atoms with Crippen molar-refractivity contribution in [3.63, 3.8) is 0 Å².